The monoisotopic (exact) mass is 384 g/mol. The highest BCUT2D eigenvalue weighted by molar-refractivity contribution is 5.99. The number of carbonyl (C=O) groups excluding carboxylic acids is 2. The third kappa shape index (κ3) is 4.13. The van der Waals surface area contributed by atoms with Crippen LogP contribution in [0.5, 0.6) is 0 Å². The van der Waals surface area contributed by atoms with Crippen molar-refractivity contribution in [3.63, 3.8) is 0 Å². The topological polar surface area (TPSA) is 56.8 Å². The molecule has 0 spiro atoms. The molecule has 1 fully saturated rings. The summed E-state index contributed by atoms with van der Waals surface area (Å²) in [6, 6.07) is 8.27. The van der Waals surface area contributed by atoms with E-state index in [2.05, 4.69) is 4.98 Å². The van der Waals surface area contributed by atoms with Crippen molar-refractivity contribution >= 4 is 17.5 Å². The summed E-state index contributed by atoms with van der Waals surface area (Å²) < 4.78 is 14.0. The Balaban J connectivity index is 1.68. The Bertz CT molecular complexity index is 846. The molecule has 0 bridgehead atoms. The van der Waals surface area contributed by atoms with E-state index < -0.39 is 0 Å². The predicted octanol–water partition coefficient (Wildman–Crippen LogP) is 2.67. The first-order valence-corrected chi connectivity index (χ1v) is 9.58. The van der Waals surface area contributed by atoms with Gasteiger partial charge in [0.1, 0.15) is 5.82 Å². The van der Waals surface area contributed by atoms with E-state index in [9.17, 15) is 14.0 Å². The third-order valence-electron chi connectivity index (χ3n) is 5.04. The molecule has 3 rings (SSSR count). The molecule has 1 aromatic heterocycles. The van der Waals surface area contributed by atoms with E-state index in [0.29, 0.717) is 56.1 Å². The van der Waals surface area contributed by atoms with Gasteiger partial charge >= 0.3 is 0 Å². The summed E-state index contributed by atoms with van der Waals surface area (Å²) in [7, 11) is 0. The van der Waals surface area contributed by atoms with Crippen molar-refractivity contribution in [3.05, 3.63) is 59.7 Å². The summed E-state index contributed by atoms with van der Waals surface area (Å²) in [6.45, 7) is 7.12. The van der Waals surface area contributed by atoms with E-state index in [1.807, 2.05) is 18.7 Å². The Morgan fingerprint density at radius 3 is 2.32 bits per heavy atom. The molecule has 1 aliphatic heterocycles. The molecule has 2 aromatic rings. The summed E-state index contributed by atoms with van der Waals surface area (Å²) >= 11 is 0. The highest BCUT2D eigenvalue weighted by Gasteiger charge is 2.24. The molecular weight excluding hydrogens is 359 g/mol. The van der Waals surface area contributed by atoms with Crippen LogP contribution in [0.4, 0.5) is 10.1 Å². The lowest BCUT2D eigenvalue weighted by Gasteiger charge is -2.36. The molecule has 0 N–H and O–H groups in total. The molecule has 0 aliphatic carbocycles. The summed E-state index contributed by atoms with van der Waals surface area (Å²) in [5.41, 5.74) is 1.37. The lowest BCUT2D eigenvalue weighted by molar-refractivity contribution is 0.0746. The normalized spacial score (nSPS) is 14.1. The third-order valence-corrected chi connectivity index (χ3v) is 5.04. The molecule has 148 valence electrons. The lowest BCUT2D eigenvalue weighted by Crippen LogP contribution is -2.49. The maximum Gasteiger partial charge on any atom is 0.255 e. The maximum absolute atomic E-state index is 14.0. The molecule has 6 nitrogen and oxygen atoms in total. The van der Waals surface area contributed by atoms with Crippen molar-refractivity contribution in [2.75, 3.05) is 44.2 Å². The van der Waals surface area contributed by atoms with E-state index in [-0.39, 0.29) is 17.6 Å². The summed E-state index contributed by atoms with van der Waals surface area (Å²) in [6.07, 6.45) is 2.98. The molecule has 0 radical (unpaired) electrons. The summed E-state index contributed by atoms with van der Waals surface area (Å²) in [5.74, 6) is -0.541. The van der Waals surface area contributed by atoms with Crippen LogP contribution in [0.2, 0.25) is 0 Å². The number of amides is 2. The van der Waals surface area contributed by atoms with Crippen LogP contribution in [0.25, 0.3) is 0 Å². The molecule has 2 amide bonds. The van der Waals surface area contributed by atoms with Crippen molar-refractivity contribution < 1.29 is 14.0 Å². The van der Waals surface area contributed by atoms with Gasteiger partial charge in [-0.3, -0.25) is 14.6 Å². The molecule has 0 unspecified atom stereocenters. The van der Waals surface area contributed by atoms with Gasteiger partial charge in [0, 0.05) is 51.7 Å². The number of aromatic nitrogens is 1. The van der Waals surface area contributed by atoms with E-state index in [0.717, 1.165) is 0 Å². The lowest BCUT2D eigenvalue weighted by atomic mass is 10.1. The van der Waals surface area contributed by atoms with Crippen LogP contribution in [0, 0.1) is 5.82 Å². The van der Waals surface area contributed by atoms with Crippen LogP contribution in [0.3, 0.4) is 0 Å². The number of rotatable bonds is 5. The second-order valence-electron chi connectivity index (χ2n) is 6.67. The minimum atomic E-state index is -0.255. The van der Waals surface area contributed by atoms with Gasteiger partial charge in [0.05, 0.1) is 16.8 Å². The first kappa shape index (κ1) is 19.8. The van der Waals surface area contributed by atoms with E-state index in [1.54, 1.807) is 34.1 Å². The summed E-state index contributed by atoms with van der Waals surface area (Å²) in [5, 5.41) is 0. The maximum atomic E-state index is 14.0. The standard InChI is InChI=1S/C21H25FN4O2/c1-3-24(4-2)20(27)16-13-17(15-23-14-16)21(28)26-11-9-25(10-12-26)19-8-6-5-7-18(19)22/h5-8,13-15H,3-4,9-12H2,1-2H3. The van der Waals surface area contributed by atoms with Gasteiger partial charge in [0.15, 0.2) is 0 Å². The first-order chi connectivity index (χ1) is 13.5. The Labute approximate surface area is 164 Å². The zero-order chi connectivity index (χ0) is 20.1. The molecule has 2 heterocycles. The quantitative estimate of drug-likeness (QED) is 0.795. The van der Waals surface area contributed by atoms with Crippen LogP contribution >= 0.6 is 0 Å². The van der Waals surface area contributed by atoms with Crippen molar-refractivity contribution in [1.82, 2.24) is 14.8 Å². The van der Waals surface area contributed by atoms with Crippen molar-refractivity contribution in [1.29, 1.82) is 0 Å². The SMILES string of the molecule is CCN(CC)C(=O)c1cncc(C(=O)N2CCN(c3ccccc3F)CC2)c1. The van der Waals surface area contributed by atoms with Crippen molar-refractivity contribution in [2.45, 2.75) is 13.8 Å². The fraction of sp³-hybridized carbons (Fsp3) is 0.381. The van der Waals surface area contributed by atoms with Crippen LogP contribution < -0.4 is 4.90 Å². The number of hydrogen-bond acceptors (Lipinski definition) is 4. The Hall–Kier alpha value is -2.96. The van der Waals surface area contributed by atoms with Crippen molar-refractivity contribution in [3.8, 4) is 0 Å². The number of pyridine rings is 1. The molecule has 0 saturated carbocycles. The van der Waals surface area contributed by atoms with E-state index in [4.69, 9.17) is 0 Å². The highest BCUT2D eigenvalue weighted by atomic mass is 19.1. The number of nitrogens with zero attached hydrogens (tertiary/aromatic N) is 4. The van der Waals surface area contributed by atoms with Gasteiger partial charge in [-0.25, -0.2) is 4.39 Å². The number of carbonyl (C=O) groups is 2. The number of hydrogen-bond donors (Lipinski definition) is 0. The highest BCUT2D eigenvalue weighted by Crippen LogP contribution is 2.21. The Kier molecular flexibility index (Phi) is 6.23. The molecule has 1 saturated heterocycles. The molecule has 0 atom stereocenters. The molecule has 1 aromatic carbocycles. The zero-order valence-electron chi connectivity index (χ0n) is 16.3. The van der Waals surface area contributed by atoms with Gasteiger partial charge in [-0.2, -0.15) is 0 Å². The van der Waals surface area contributed by atoms with Gasteiger partial charge in [-0.15, -0.1) is 0 Å². The van der Waals surface area contributed by atoms with Crippen LogP contribution in [-0.4, -0.2) is 65.9 Å². The zero-order valence-corrected chi connectivity index (χ0v) is 16.3. The minimum absolute atomic E-state index is 0.128. The smallest absolute Gasteiger partial charge is 0.255 e. The minimum Gasteiger partial charge on any atom is -0.366 e. The van der Waals surface area contributed by atoms with Crippen molar-refractivity contribution in [2.24, 2.45) is 0 Å². The number of anilines is 1. The number of halogens is 1. The second kappa shape index (κ2) is 8.82. The van der Waals surface area contributed by atoms with E-state index >= 15 is 0 Å². The molecule has 7 heteroatoms. The Morgan fingerprint density at radius 1 is 1.04 bits per heavy atom. The van der Waals surface area contributed by atoms with Gasteiger partial charge in [0.25, 0.3) is 11.8 Å². The van der Waals surface area contributed by atoms with Gasteiger partial charge in [0.2, 0.25) is 0 Å². The number of para-hydroxylation sites is 1. The van der Waals surface area contributed by atoms with E-state index in [1.165, 1.54) is 18.5 Å². The first-order valence-electron chi connectivity index (χ1n) is 9.58. The van der Waals surface area contributed by atoms with Crippen LogP contribution in [-0.2, 0) is 0 Å². The second-order valence-corrected chi connectivity index (χ2v) is 6.67. The Morgan fingerprint density at radius 2 is 1.68 bits per heavy atom. The average Bonchev–Trinajstić information content (AvgIpc) is 2.74. The van der Waals surface area contributed by atoms with Gasteiger partial charge in [-0.1, -0.05) is 12.1 Å². The number of piperazine rings is 1. The fourth-order valence-electron chi connectivity index (χ4n) is 3.41. The molecule has 28 heavy (non-hydrogen) atoms. The number of benzene rings is 1. The summed E-state index contributed by atoms with van der Waals surface area (Å²) in [4.78, 5) is 34.8. The average molecular weight is 384 g/mol. The van der Waals surface area contributed by atoms with Gasteiger partial charge in [-0.05, 0) is 32.0 Å². The van der Waals surface area contributed by atoms with Gasteiger partial charge < -0.3 is 14.7 Å². The van der Waals surface area contributed by atoms with Crippen LogP contribution in [0.15, 0.2) is 42.7 Å². The molecular formula is C21H25FN4O2. The predicted molar refractivity (Wildman–Crippen MR) is 106 cm³/mol. The molecule has 1 aliphatic rings. The largest absolute Gasteiger partial charge is 0.366 e. The fourth-order valence-corrected chi connectivity index (χ4v) is 3.41. The van der Waals surface area contributed by atoms with Crippen LogP contribution in [0.1, 0.15) is 34.6 Å².